The van der Waals surface area contributed by atoms with E-state index in [1.54, 1.807) is 6.07 Å². The number of anilines is 1. The first-order valence-corrected chi connectivity index (χ1v) is 8.65. The summed E-state index contributed by atoms with van der Waals surface area (Å²) in [6.07, 6.45) is -0.104. The number of carbonyl (C=O) groups excluding carboxylic acids is 1. The third-order valence-electron chi connectivity index (χ3n) is 4.08. The first kappa shape index (κ1) is 19.6. The molecule has 1 heterocycles. The van der Waals surface area contributed by atoms with Crippen molar-refractivity contribution in [3.63, 3.8) is 0 Å². The number of carboxylic acids is 1. The lowest BCUT2D eigenvalue weighted by atomic mass is 10.1. The second-order valence-electron chi connectivity index (χ2n) is 6.89. The zero-order valence-corrected chi connectivity index (χ0v) is 16.1. The number of nitrogens with zero attached hydrogens (tertiary/aromatic N) is 1. The number of rotatable bonds is 6. The molecule has 0 aliphatic heterocycles. The minimum atomic E-state index is -1.06. The van der Waals surface area contributed by atoms with Crippen LogP contribution in [0.1, 0.15) is 65.8 Å². The van der Waals surface area contributed by atoms with Crippen molar-refractivity contribution in [3.05, 3.63) is 46.8 Å². The molecule has 0 saturated carbocycles. The van der Waals surface area contributed by atoms with E-state index in [-0.39, 0.29) is 23.6 Å². The zero-order chi connectivity index (χ0) is 19.6. The second-order valence-corrected chi connectivity index (χ2v) is 6.89. The van der Waals surface area contributed by atoms with Crippen LogP contribution >= 0.6 is 0 Å². The van der Waals surface area contributed by atoms with Crippen molar-refractivity contribution in [2.75, 3.05) is 5.32 Å². The van der Waals surface area contributed by atoms with Gasteiger partial charge in [0.1, 0.15) is 5.75 Å². The lowest BCUT2D eigenvalue weighted by molar-refractivity contribution is 0.0696. The van der Waals surface area contributed by atoms with E-state index in [1.807, 2.05) is 33.8 Å². The van der Waals surface area contributed by atoms with Crippen LogP contribution in [0, 0.1) is 13.8 Å². The van der Waals surface area contributed by atoms with Gasteiger partial charge in [0.05, 0.1) is 22.9 Å². The van der Waals surface area contributed by atoms with Gasteiger partial charge in [-0.25, -0.2) is 4.79 Å². The lowest BCUT2D eigenvalue weighted by Gasteiger charge is -2.16. The molecule has 0 radical (unpaired) electrons. The fraction of sp³-hybridized carbons (Fsp3) is 0.400. The molecule has 0 bridgehead atoms. The Morgan fingerprint density at radius 2 is 1.77 bits per heavy atom. The highest BCUT2D eigenvalue weighted by atomic mass is 16.5. The fourth-order valence-electron chi connectivity index (χ4n) is 3.11. The largest absolute Gasteiger partial charge is 0.489 e. The van der Waals surface area contributed by atoms with E-state index in [1.165, 1.54) is 12.1 Å². The molecule has 0 aliphatic carbocycles. The molecule has 26 heavy (non-hydrogen) atoms. The number of ether oxygens (including phenoxy) is 1. The summed E-state index contributed by atoms with van der Waals surface area (Å²) < 4.78 is 7.79. The number of aryl methyl sites for hydroxylation is 1. The van der Waals surface area contributed by atoms with Gasteiger partial charge in [-0.15, -0.1) is 0 Å². The minimum absolute atomic E-state index is 0.0871. The second kappa shape index (κ2) is 7.64. The van der Waals surface area contributed by atoms with Crippen molar-refractivity contribution in [3.8, 4) is 5.75 Å². The number of hydrogen-bond acceptors (Lipinski definition) is 3. The van der Waals surface area contributed by atoms with Crippen LogP contribution in [0.25, 0.3) is 0 Å². The maximum absolute atomic E-state index is 12.8. The fourth-order valence-corrected chi connectivity index (χ4v) is 3.11. The Hall–Kier alpha value is -2.76. The minimum Gasteiger partial charge on any atom is -0.489 e. The van der Waals surface area contributed by atoms with Crippen LogP contribution in [-0.4, -0.2) is 27.7 Å². The number of aromatic nitrogens is 1. The van der Waals surface area contributed by atoms with Gasteiger partial charge in [-0.05, 0) is 65.8 Å². The summed E-state index contributed by atoms with van der Waals surface area (Å²) >= 11 is 0. The van der Waals surface area contributed by atoms with E-state index < -0.39 is 5.97 Å². The Morgan fingerprint density at radius 1 is 1.12 bits per heavy atom. The molecule has 0 spiro atoms. The highest BCUT2D eigenvalue weighted by Gasteiger charge is 2.19. The molecule has 6 heteroatoms. The molecule has 2 N–H and O–H groups in total. The summed E-state index contributed by atoms with van der Waals surface area (Å²) in [6, 6.07) is 6.53. The van der Waals surface area contributed by atoms with E-state index in [9.17, 15) is 14.7 Å². The van der Waals surface area contributed by atoms with Crippen molar-refractivity contribution < 1.29 is 19.4 Å². The topological polar surface area (TPSA) is 80.6 Å². The molecular formula is C20H26N2O4. The molecule has 2 rings (SSSR count). The molecule has 0 fully saturated rings. The van der Waals surface area contributed by atoms with Gasteiger partial charge in [-0.1, -0.05) is 0 Å². The number of hydrogen-bond donors (Lipinski definition) is 2. The Kier molecular flexibility index (Phi) is 5.75. The molecule has 2 aromatic rings. The van der Waals surface area contributed by atoms with Crippen LogP contribution in [0.2, 0.25) is 0 Å². The molecule has 0 atom stereocenters. The summed E-state index contributed by atoms with van der Waals surface area (Å²) in [7, 11) is 0. The zero-order valence-electron chi connectivity index (χ0n) is 16.1. The summed E-state index contributed by atoms with van der Waals surface area (Å²) in [5.74, 6) is -0.910. The number of amides is 1. The van der Waals surface area contributed by atoms with E-state index in [0.717, 1.165) is 11.4 Å². The van der Waals surface area contributed by atoms with Gasteiger partial charge in [0.15, 0.2) is 0 Å². The van der Waals surface area contributed by atoms with Crippen LogP contribution in [-0.2, 0) is 0 Å². The number of nitrogens with one attached hydrogen (secondary N) is 1. The predicted octanol–water partition coefficient (Wildman–Crippen LogP) is 4.42. The number of benzene rings is 1. The van der Waals surface area contributed by atoms with Gasteiger partial charge < -0.3 is 19.7 Å². The molecular weight excluding hydrogens is 332 g/mol. The third kappa shape index (κ3) is 4.07. The van der Waals surface area contributed by atoms with Gasteiger partial charge in [-0.3, -0.25) is 4.79 Å². The monoisotopic (exact) mass is 358 g/mol. The standard InChI is InChI=1S/C20H26N2O4/c1-11(2)22-13(5)9-16(14(22)6)19(23)21-17-10-15(20(24)25)7-8-18(17)26-12(3)4/h7-12H,1-6H3,(H,21,23)(H,24,25). The van der Waals surface area contributed by atoms with Gasteiger partial charge in [0.25, 0.3) is 5.91 Å². The molecule has 0 aliphatic rings. The van der Waals surface area contributed by atoms with E-state index in [2.05, 4.69) is 23.7 Å². The molecule has 1 aromatic heterocycles. The van der Waals surface area contributed by atoms with Crippen LogP contribution < -0.4 is 10.1 Å². The summed E-state index contributed by atoms with van der Waals surface area (Å²) in [6.45, 7) is 11.7. The van der Waals surface area contributed by atoms with Gasteiger partial charge >= 0.3 is 5.97 Å². The quantitative estimate of drug-likeness (QED) is 0.801. The van der Waals surface area contributed by atoms with Crippen molar-refractivity contribution >= 4 is 17.6 Å². The predicted molar refractivity (Wildman–Crippen MR) is 101 cm³/mol. The van der Waals surface area contributed by atoms with Crippen LogP contribution in [0.5, 0.6) is 5.75 Å². The lowest BCUT2D eigenvalue weighted by Crippen LogP contribution is -2.16. The maximum Gasteiger partial charge on any atom is 0.335 e. The Bertz CT molecular complexity index is 835. The Balaban J connectivity index is 2.40. The Labute approximate surface area is 153 Å². The van der Waals surface area contributed by atoms with Crippen molar-refractivity contribution in [2.45, 2.75) is 53.7 Å². The number of aromatic carboxylic acids is 1. The SMILES string of the molecule is Cc1cc(C(=O)Nc2cc(C(=O)O)ccc2OC(C)C)c(C)n1C(C)C. The van der Waals surface area contributed by atoms with Crippen LogP contribution in [0.4, 0.5) is 5.69 Å². The molecule has 140 valence electrons. The first-order valence-electron chi connectivity index (χ1n) is 8.65. The molecule has 0 unspecified atom stereocenters. The highest BCUT2D eigenvalue weighted by molar-refractivity contribution is 6.06. The normalized spacial score (nSPS) is 11.1. The number of carbonyl (C=O) groups is 2. The third-order valence-corrected chi connectivity index (χ3v) is 4.08. The average Bonchev–Trinajstić information content (AvgIpc) is 2.83. The smallest absolute Gasteiger partial charge is 0.335 e. The van der Waals surface area contributed by atoms with Crippen molar-refractivity contribution in [1.29, 1.82) is 0 Å². The summed E-state index contributed by atoms with van der Waals surface area (Å²) in [4.78, 5) is 24.1. The van der Waals surface area contributed by atoms with Crippen molar-refractivity contribution in [1.82, 2.24) is 4.57 Å². The molecule has 1 amide bonds. The van der Waals surface area contributed by atoms with Crippen LogP contribution in [0.3, 0.4) is 0 Å². The van der Waals surface area contributed by atoms with E-state index in [4.69, 9.17) is 4.74 Å². The summed E-state index contributed by atoms with van der Waals surface area (Å²) in [5.41, 5.74) is 2.87. The average molecular weight is 358 g/mol. The van der Waals surface area contributed by atoms with E-state index >= 15 is 0 Å². The molecule has 0 saturated heterocycles. The van der Waals surface area contributed by atoms with Gasteiger partial charge in [0, 0.05) is 17.4 Å². The van der Waals surface area contributed by atoms with Gasteiger partial charge in [0.2, 0.25) is 0 Å². The van der Waals surface area contributed by atoms with Crippen molar-refractivity contribution in [2.24, 2.45) is 0 Å². The number of carboxylic acid groups (broad SMARTS) is 1. The maximum atomic E-state index is 12.8. The molecule has 6 nitrogen and oxygen atoms in total. The molecule has 1 aromatic carbocycles. The van der Waals surface area contributed by atoms with E-state index in [0.29, 0.717) is 17.0 Å². The Morgan fingerprint density at radius 3 is 2.27 bits per heavy atom. The van der Waals surface area contributed by atoms with Crippen LogP contribution in [0.15, 0.2) is 24.3 Å². The summed E-state index contributed by atoms with van der Waals surface area (Å²) in [5, 5.41) is 12.0. The van der Waals surface area contributed by atoms with Gasteiger partial charge in [-0.2, -0.15) is 0 Å². The highest BCUT2D eigenvalue weighted by Crippen LogP contribution is 2.29. The first-order chi connectivity index (χ1) is 12.1.